The molecule has 8 nitrogen and oxygen atoms in total. The third-order valence-electron chi connectivity index (χ3n) is 7.36. The number of hydrogen-bond donors (Lipinski definition) is 1. The third-order valence-corrected chi connectivity index (χ3v) is 7.36. The van der Waals surface area contributed by atoms with E-state index in [0.717, 1.165) is 25.2 Å². The number of ketones is 1. The lowest BCUT2D eigenvalue weighted by Gasteiger charge is -2.29. The van der Waals surface area contributed by atoms with Crippen molar-refractivity contribution >= 4 is 17.4 Å². The van der Waals surface area contributed by atoms with Gasteiger partial charge in [-0.2, -0.15) is 0 Å². The van der Waals surface area contributed by atoms with Gasteiger partial charge in [-0.05, 0) is 66.9 Å². The molecule has 0 aliphatic carbocycles. The molecular formula is C32H34N2O6. The van der Waals surface area contributed by atoms with Crippen LogP contribution in [0.3, 0.4) is 0 Å². The second-order valence-electron chi connectivity index (χ2n) is 9.97. The van der Waals surface area contributed by atoms with Crippen LogP contribution in [0, 0.1) is 6.92 Å². The molecule has 8 heteroatoms. The number of rotatable bonds is 9. The number of morpholine rings is 1. The number of amides is 1. The van der Waals surface area contributed by atoms with E-state index in [1.807, 2.05) is 61.5 Å². The number of ether oxygens (including phenoxy) is 3. The molecule has 40 heavy (non-hydrogen) atoms. The van der Waals surface area contributed by atoms with Gasteiger partial charge in [0.25, 0.3) is 11.7 Å². The number of aliphatic hydroxyl groups excluding tert-OH is 1. The van der Waals surface area contributed by atoms with Gasteiger partial charge in [-0.1, -0.05) is 30.3 Å². The summed E-state index contributed by atoms with van der Waals surface area (Å²) in [6.07, 6.45) is 0.686. The lowest BCUT2D eigenvalue weighted by molar-refractivity contribution is -0.140. The number of aryl methyl sites for hydroxylation is 1. The molecule has 0 radical (unpaired) electrons. The number of methoxy groups -OCH3 is 1. The molecular weight excluding hydrogens is 508 g/mol. The minimum absolute atomic E-state index is 0.0708. The summed E-state index contributed by atoms with van der Waals surface area (Å²) in [5, 5.41) is 11.5. The number of nitrogens with zero attached hydrogens (tertiary/aromatic N) is 2. The highest BCUT2D eigenvalue weighted by molar-refractivity contribution is 6.46. The first kappa shape index (κ1) is 27.4. The minimum atomic E-state index is -0.759. The van der Waals surface area contributed by atoms with E-state index in [1.54, 1.807) is 30.2 Å². The summed E-state index contributed by atoms with van der Waals surface area (Å²) in [4.78, 5) is 30.8. The average molecular weight is 543 g/mol. The second-order valence-corrected chi connectivity index (χ2v) is 9.97. The van der Waals surface area contributed by atoms with E-state index in [1.165, 1.54) is 0 Å². The molecule has 3 aromatic carbocycles. The number of carbonyl (C=O) groups is 2. The monoisotopic (exact) mass is 542 g/mol. The van der Waals surface area contributed by atoms with Crippen LogP contribution in [0.4, 0.5) is 0 Å². The number of carbonyl (C=O) groups excluding carboxylic acids is 2. The first-order valence-corrected chi connectivity index (χ1v) is 13.5. The predicted molar refractivity (Wildman–Crippen MR) is 152 cm³/mol. The molecule has 1 N–H and O–H groups in total. The molecule has 5 rings (SSSR count). The number of Topliss-reactive ketones (excluding diaryl/α,β-unsaturated/α-hetero) is 1. The lowest BCUT2D eigenvalue weighted by Crippen LogP contribution is -2.38. The Kier molecular flexibility index (Phi) is 8.48. The molecule has 1 amide bonds. The SMILES string of the molecule is COc1ccc(C(O)=C2C(=O)C(=O)N(CCCN3CCOCC3)[C@@H]2c2cccc(Oc3ccccc3)c2)c(C)c1. The number of benzene rings is 3. The first-order valence-electron chi connectivity index (χ1n) is 13.5. The van der Waals surface area contributed by atoms with Gasteiger partial charge in [-0.15, -0.1) is 0 Å². The highest BCUT2D eigenvalue weighted by Gasteiger charge is 2.46. The van der Waals surface area contributed by atoms with E-state index >= 15 is 0 Å². The standard InChI is InChI=1S/C32H34N2O6/c1-22-20-25(38-2)12-13-27(22)30(35)28-29(23-8-6-11-26(21-23)40-24-9-4-3-5-10-24)34(32(37)31(28)36)15-7-14-33-16-18-39-19-17-33/h3-6,8-13,20-21,29,35H,7,14-19H2,1-2H3/t29-/m1/s1. The largest absolute Gasteiger partial charge is 0.507 e. The van der Waals surface area contributed by atoms with Crippen molar-refractivity contribution in [1.82, 2.24) is 9.80 Å². The highest BCUT2D eigenvalue weighted by atomic mass is 16.5. The molecule has 208 valence electrons. The Morgan fingerprint density at radius 3 is 2.40 bits per heavy atom. The summed E-state index contributed by atoms with van der Waals surface area (Å²) < 4.78 is 16.8. The van der Waals surface area contributed by atoms with Crippen molar-refractivity contribution in [1.29, 1.82) is 0 Å². The Hall–Kier alpha value is -4.14. The summed E-state index contributed by atoms with van der Waals surface area (Å²) >= 11 is 0. The third kappa shape index (κ3) is 5.88. The fraction of sp³-hybridized carbons (Fsp3) is 0.312. The molecule has 2 saturated heterocycles. The Morgan fingerprint density at radius 1 is 0.925 bits per heavy atom. The van der Waals surface area contributed by atoms with E-state index in [9.17, 15) is 14.7 Å². The van der Waals surface area contributed by atoms with E-state index in [0.29, 0.717) is 54.6 Å². The van der Waals surface area contributed by atoms with Gasteiger partial charge in [0.05, 0.1) is 31.9 Å². The smallest absolute Gasteiger partial charge is 0.295 e. The summed E-state index contributed by atoms with van der Waals surface area (Å²) in [5.74, 6) is 0.373. The first-order chi connectivity index (χ1) is 19.5. The Morgan fingerprint density at radius 2 is 1.68 bits per heavy atom. The zero-order valence-electron chi connectivity index (χ0n) is 22.8. The van der Waals surface area contributed by atoms with Crippen molar-refractivity contribution in [2.45, 2.75) is 19.4 Å². The van der Waals surface area contributed by atoms with Crippen molar-refractivity contribution < 1.29 is 28.9 Å². The van der Waals surface area contributed by atoms with Crippen LogP contribution < -0.4 is 9.47 Å². The summed E-state index contributed by atoms with van der Waals surface area (Å²) in [5.41, 5.74) is 1.97. The molecule has 0 saturated carbocycles. The van der Waals surface area contributed by atoms with Crippen molar-refractivity contribution in [3.05, 3.63) is 95.1 Å². The second kappa shape index (κ2) is 12.4. The lowest BCUT2D eigenvalue weighted by atomic mass is 9.93. The van der Waals surface area contributed by atoms with Crippen LogP contribution in [0.2, 0.25) is 0 Å². The van der Waals surface area contributed by atoms with Crippen LogP contribution in [0.5, 0.6) is 17.2 Å². The maximum absolute atomic E-state index is 13.5. The van der Waals surface area contributed by atoms with Crippen molar-refractivity contribution in [2.75, 3.05) is 46.5 Å². The minimum Gasteiger partial charge on any atom is -0.507 e. The molecule has 0 unspecified atom stereocenters. The molecule has 0 aromatic heterocycles. The van der Waals surface area contributed by atoms with Gasteiger partial charge in [0.1, 0.15) is 23.0 Å². The zero-order chi connectivity index (χ0) is 28.1. The van der Waals surface area contributed by atoms with Crippen LogP contribution in [0.25, 0.3) is 5.76 Å². The quantitative estimate of drug-likeness (QED) is 0.233. The highest BCUT2D eigenvalue weighted by Crippen LogP contribution is 2.41. The van der Waals surface area contributed by atoms with E-state index < -0.39 is 17.7 Å². The van der Waals surface area contributed by atoms with Gasteiger partial charge < -0.3 is 24.2 Å². The van der Waals surface area contributed by atoms with Crippen LogP contribution in [-0.4, -0.2) is 73.1 Å². The average Bonchev–Trinajstić information content (AvgIpc) is 3.23. The van der Waals surface area contributed by atoms with Crippen molar-refractivity contribution in [3.8, 4) is 17.2 Å². The van der Waals surface area contributed by atoms with Gasteiger partial charge in [-0.25, -0.2) is 0 Å². The number of likely N-dealkylation sites (tertiary alicyclic amines) is 1. The van der Waals surface area contributed by atoms with Gasteiger partial charge in [0.2, 0.25) is 0 Å². The van der Waals surface area contributed by atoms with Crippen LogP contribution in [-0.2, 0) is 14.3 Å². The van der Waals surface area contributed by atoms with Gasteiger partial charge in [-0.3, -0.25) is 14.5 Å². The van der Waals surface area contributed by atoms with Crippen LogP contribution in [0.15, 0.2) is 78.4 Å². The predicted octanol–water partition coefficient (Wildman–Crippen LogP) is 4.94. The molecule has 2 heterocycles. The van der Waals surface area contributed by atoms with E-state index in [-0.39, 0.29) is 11.3 Å². The summed E-state index contributed by atoms with van der Waals surface area (Å²) in [6.45, 7) is 6.07. The number of hydrogen-bond acceptors (Lipinski definition) is 7. The van der Waals surface area contributed by atoms with Crippen molar-refractivity contribution in [3.63, 3.8) is 0 Å². The summed E-state index contributed by atoms with van der Waals surface area (Å²) in [7, 11) is 1.57. The molecule has 2 aliphatic rings. The normalized spacial score (nSPS) is 19.1. The zero-order valence-corrected chi connectivity index (χ0v) is 22.8. The number of para-hydroxylation sites is 1. The maximum atomic E-state index is 13.5. The molecule has 0 spiro atoms. The molecule has 1 atom stereocenters. The van der Waals surface area contributed by atoms with E-state index in [2.05, 4.69) is 4.90 Å². The topological polar surface area (TPSA) is 88.5 Å². The Labute approximate surface area is 234 Å². The maximum Gasteiger partial charge on any atom is 0.295 e. The summed E-state index contributed by atoms with van der Waals surface area (Å²) in [6, 6.07) is 21.2. The van der Waals surface area contributed by atoms with Crippen molar-refractivity contribution in [2.24, 2.45) is 0 Å². The molecule has 3 aromatic rings. The van der Waals surface area contributed by atoms with Gasteiger partial charge in [0, 0.05) is 31.7 Å². The fourth-order valence-electron chi connectivity index (χ4n) is 5.29. The van der Waals surface area contributed by atoms with Gasteiger partial charge >= 0.3 is 0 Å². The van der Waals surface area contributed by atoms with E-state index in [4.69, 9.17) is 14.2 Å². The number of aliphatic hydroxyl groups is 1. The Bertz CT molecular complexity index is 1400. The van der Waals surface area contributed by atoms with Gasteiger partial charge in [0.15, 0.2) is 0 Å². The Balaban J connectivity index is 1.51. The molecule has 0 bridgehead atoms. The fourth-order valence-corrected chi connectivity index (χ4v) is 5.29. The molecule has 2 fully saturated rings. The van der Waals surface area contributed by atoms with Crippen LogP contribution >= 0.6 is 0 Å². The van der Waals surface area contributed by atoms with Crippen LogP contribution in [0.1, 0.15) is 29.2 Å². The molecule has 2 aliphatic heterocycles.